The second-order valence-electron chi connectivity index (χ2n) is 7.64. The van der Waals surface area contributed by atoms with Crippen LogP contribution in [0.5, 0.6) is 23.0 Å². The Labute approximate surface area is 203 Å². The minimum Gasteiger partial charge on any atom is -0.494 e. The number of hydrogen-bond donors (Lipinski definition) is 1. The molecule has 3 aromatic rings. The third kappa shape index (κ3) is 5.12. The molecule has 4 rings (SSSR count). The lowest BCUT2D eigenvalue weighted by atomic mass is 9.83. The number of nitrogens with two attached hydrogens (primary N) is 1. The monoisotopic (exact) mass is 468 g/mol. The summed E-state index contributed by atoms with van der Waals surface area (Å²) >= 11 is 0. The number of allylic oxidation sites excluding steroid dienone is 1. The van der Waals surface area contributed by atoms with Crippen LogP contribution in [-0.4, -0.2) is 19.2 Å². The molecule has 176 valence electrons. The lowest BCUT2D eigenvalue weighted by Crippen LogP contribution is -2.21. The van der Waals surface area contributed by atoms with Gasteiger partial charge >= 0.3 is 5.97 Å². The number of fused-ring (bicyclic) bond motifs is 1. The minimum absolute atomic E-state index is 0.0116. The van der Waals surface area contributed by atoms with Crippen molar-refractivity contribution in [2.45, 2.75) is 12.8 Å². The molecule has 0 bridgehead atoms. The molecule has 1 atom stereocenters. The van der Waals surface area contributed by atoms with Gasteiger partial charge in [0.15, 0.2) is 0 Å². The van der Waals surface area contributed by atoms with E-state index in [-0.39, 0.29) is 5.88 Å². The number of carbonyl (C=O) groups is 1. The first-order chi connectivity index (χ1) is 17.0. The normalized spacial score (nSPS) is 14.2. The Morgan fingerprint density at radius 2 is 1.71 bits per heavy atom. The van der Waals surface area contributed by atoms with Gasteiger partial charge in [-0.15, -0.1) is 0 Å². The number of carbonyl (C=O) groups excluding carboxylic acids is 1. The summed E-state index contributed by atoms with van der Waals surface area (Å²) in [6.07, 6.45) is 1.64. The Hall–Kier alpha value is -4.70. The summed E-state index contributed by atoms with van der Waals surface area (Å²) in [4.78, 5) is 12.6. The van der Waals surface area contributed by atoms with Crippen LogP contribution < -0.4 is 24.7 Å². The van der Waals surface area contributed by atoms with Gasteiger partial charge in [-0.25, -0.2) is 4.79 Å². The Morgan fingerprint density at radius 1 is 1.06 bits per heavy atom. The van der Waals surface area contributed by atoms with Gasteiger partial charge in [0.1, 0.15) is 41.2 Å². The van der Waals surface area contributed by atoms with Crippen LogP contribution in [0.15, 0.2) is 90.8 Å². The van der Waals surface area contributed by atoms with Gasteiger partial charge in [-0.1, -0.05) is 30.9 Å². The first-order valence-corrected chi connectivity index (χ1v) is 11.0. The quantitative estimate of drug-likeness (QED) is 0.279. The molecular formula is C28H24N2O5. The SMILES string of the molecule is C=CCOc1ccc(C(=O)Oc2ccc3c(c2)OC(N)=C(C#N)C3c2ccc(OCC)cc2)cc1. The van der Waals surface area contributed by atoms with Gasteiger partial charge < -0.3 is 24.7 Å². The van der Waals surface area contributed by atoms with E-state index in [0.29, 0.717) is 41.6 Å². The van der Waals surface area contributed by atoms with E-state index < -0.39 is 11.9 Å². The Morgan fingerprint density at radius 3 is 2.37 bits per heavy atom. The average molecular weight is 469 g/mol. The van der Waals surface area contributed by atoms with Crippen LogP contribution >= 0.6 is 0 Å². The second kappa shape index (κ2) is 10.5. The number of hydrogen-bond acceptors (Lipinski definition) is 7. The summed E-state index contributed by atoms with van der Waals surface area (Å²) in [5.41, 5.74) is 8.37. The Balaban J connectivity index is 1.58. The number of esters is 1. The zero-order valence-electron chi connectivity index (χ0n) is 19.2. The molecule has 1 unspecified atom stereocenters. The van der Waals surface area contributed by atoms with Crippen molar-refractivity contribution >= 4 is 5.97 Å². The molecule has 0 aliphatic carbocycles. The van der Waals surface area contributed by atoms with Crippen molar-refractivity contribution in [1.82, 2.24) is 0 Å². The first-order valence-electron chi connectivity index (χ1n) is 11.0. The van der Waals surface area contributed by atoms with Gasteiger partial charge in [0.2, 0.25) is 5.88 Å². The van der Waals surface area contributed by atoms with Gasteiger partial charge in [-0.2, -0.15) is 5.26 Å². The van der Waals surface area contributed by atoms with Gasteiger partial charge in [-0.3, -0.25) is 0 Å². The van der Waals surface area contributed by atoms with Crippen LogP contribution in [0.4, 0.5) is 0 Å². The molecule has 0 fully saturated rings. The zero-order chi connectivity index (χ0) is 24.8. The smallest absolute Gasteiger partial charge is 0.343 e. The Bertz CT molecular complexity index is 1300. The van der Waals surface area contributed by atoms with Crippen LogP contribution in [0.3, 0.4) is 0 Å². The summed E-state index contributed by atoms with van der Waals surface area (Å²) < 4.78 is 22.2. The predicted molar refractivity (Wildman–Crippen MR) is 130 cm³/mol. The average Bonchev–Trinajstić information content (AvgIpc) is 2.87. The summed E-state index contributed by atoms with van der Waals surface area (Å²) in [5.74, 6) is 1.13. The third-order valence-corrected chi connectivity index (χ3v) is 5.38. The van der Waals surface area contributed by atoms with Crippen molar-refractivity contribution in [2.75, 3.05) is 13.2 Å². The second-order valence-corrected chi connectivity index (χ2v) is 7.64. The molecule has 0 saturated heterocycles. The zero-order valence-corrected chi connectivity index (χ0v) is 19.2. The summed E-state index contributed by atoms with van der Waals surface area (Å²) in [5, 5.41) is 9.75. The fourth-order valence-corrected chi connectivity index (χ4v) is 3.77. The van der Waals surface area contributed by atoms with Crippen LogP contribution in [0.2, 0.25) is 0 Å². The highest BCUT2D eigenvalue weighted by Gasteiger charge is 2.31. The maximum absolute atomic E-state index is 12.6. The predicted octanol–water partition coefficient (Wildman–Crippen LogP) is 5.09. The van der Waals surface area contributed by atoms with Crippen LogP contribution in [0.1, 0.15) is 34.3 Å². The molecule has 35 heavy (non-hydrogen) atoms. The lowest BCUT2D eigenvalue weighted by molar-refractivity contribution is 0.0734. The van der Waals surface area contributed by atoms with E-state index in [1.54, 1.807) is 48.5 Å². The van der Waals surface area contributed by atoms with Gasteiger partial charge in [-0.05, 0) is 55.0 Å². The standard InChI is InChI=1S/C28H24N2O5/c1-3-15-33-21-11-7-19(8-12-21)28(31)34-22-13-14-23-25(16-22)35-27(30)24(17-29)26(23)18-5-9-20(10-6-18)32-4-2/h3,5-14,16,26H,1,4,15,30H2,2H3. The van der Waals surface area contributed by atoms with Gasteiger partial charge in [0, 0.05) is 11.6 Å². The van der Waals surface area contributed by atoms with E-state index >= 15 is 0 Å². The molecule has 0 spiro atoms. The van der Waals surface area contributed by atoms with Crippen LogP contribution in [0.25, 0.3) is 0 Å². The van der Waals surface area contributed by atoms with Crippen molar-refractivity contribution in [3.05, 3.63) is 108 Å². The fourth-order valence-electron chi connectivity index (χ4n) is 3.77. The maximum atomic E-state index is 12.6. The van der Waals surface area contributed by atoms with Crippen molar-refractivity contribution in [3.8, 4) is 29.1 Å². The Kier molecular flexibility index (Phi) is 7.03. The summed E-state index contributed by atoms with van der Waals surface area (Å²) in [6, 6.07) is 21.3. The lowest BCUT2D eigenvalue weighted by Gasteiger charge is -2.26. The highest BCUT2D eigenvalue weighted by Crippen LogP contribution is 2.43. The molecule has 0 amide bonds. The largest absolute Gasteiger partial charge is 0.494 e. The molecular weight excluding hydrogens is 444 g/mol. The third-order valence-electron chi connectivity index (χ3n) is 5.38. The van der Waals surface area contributed by atoms with Crippen molar-refractivity contribution in [3.63, 3.8) is 0 Å². The highest BCUT2D eigenvalue weighted by atomic mass is 16.5. The summed E-state index contributed by atoms with van der Waals surface area (Å²) in [7, 11) is 0. The highest BCUT2D eigenvalue weighted by molar-refractivity contribution is 5.91. The van der Waals surface area contributed by atoms with E-state index in [1.807, 2.05) is 31.2 Å². The molecule has 1 heterocycles. The molecule has 2 N–H and O–H groups in total. The van der Waals surface area contributed by atoms with Gasteiger partial charge in [0.05, 0.1) is 18.1 Å². The molecule has 0 saturated carbocycles. The van der Waals surface area contributed by atoms with Crippen molar-refractivity contribution in [2.24, 2.45) is 5.73 Å². The first kappa shape index (κ1) is 23.5. The van der Waals surface area contributed by atoms with Crippen LogP contribution in [-0.2, 0) is 0 Å². The molecule has 0 aromatic heterocycles. The van der Waals surface area contributed by atoms with Crippen molar-refractivity contribution in [1.29, 1.82) is 5.26 Å². The summed E-state index contributed by atoms with van der Waals surface area (Å²) in [6.45, 7) is 6.46. The van der Waals surface area contributed by atoms with E-state index in [0.717, 1.165) is 16.9 Å². The molecule has 7 nitrogen and oxygen atoms in total. The van der Waals surface area contributed by atoms with Crippen LogP contribution in [0, 0.1) is 11.3 Å². The molecule has 0 radical (unpaired) electrons. The van der Waals surface area contributed by atoms with E-state index in [9.17, 15) is 10.1 Å². The molecule has 3 aromatic carbocycles. The molecule has 1 aliphatic rings. The van der Waals surface area contributed by atoms with Crippen molar-refractivity contribution < 1.29 is 23.7 Å². The number of nitriles is 1. The number of rotatable bonds is 8. The van der Waals surface area contributed by atoms with E-state index in [4.69, 9.17) is 24.7 Å². The fraction of sp³-hybridized carbons (Fsp3) is 0.143. The number of nitrogens with zero attached hydrogens (tertiary/aromatic N) is 1. The molecule has 1 aliphatic heterocycles. The van der Waals surface area contributed by atoms with E-state index in [1.165, 1.54) is 0 Å². The van der Waals surface area contributed by atoms with E-state index in [2.05, 4.69) is 12.6 Å². The maximum Gasteiger partial charge on any atom is 0.343 e. The number of benzene rings is 3. The van der Waals surface area contributed by atoms with Gasteiger partial charge in [0.25, 0.3) is 0 Å². The number of ether oxygens (including phenoxy) is 4. The topological polar surface area (TPSA) is 104 Å². The molecule has 7 heteroatoms. The minimum atomic E-state index is -0.527.